The van der Waals surface area contributed by atoms with Crippen LogP contribution >= 0.6 is 11.6 Å². The van der Waals surface area contributed by atoms with Crippen molar-refractivity contribution in [1.82, 2.24) is 10.2 Å². The maximum absolute atomic E-state index is 14.0. The highest BCUT2D eigenvalue weighted by Crippen LogP contribution is 2.23. The van der Waals surface area contributed by atoms with Gasteiger partial charge in [-0.25, -0.2) is 0 Å². The largest absolute Gasteiger partial charge is 0.352 e. The van der Waals surface area contributed by atoms with Gasteiger partial charge in [-0.2, -0.15) is 0 Å². The van der Waals surface area contributed by atoms with Crippen molar-refractivity contribution in [1.29, 1.82) is 0 Å². The molecular formula is C32H37ClN2O2. The second-order valence-corrected chi connectivity index (χ2v) is 10.7. The van der Waals surface area contributed by atoms with Gasteiger partial charge < -0.3 is 10.2 Å². The molecule has 1 N–H and O–H groups in total. The molecule has 4 rings (SSSR count). The molecule has 0 aliphatic heterocycles. The van der Waals surface area contributed by atoms with Crippen LogP contribution in [-0.2, 0) is 29.0 Å². The predicted molar refractivity (Wildman–Crippen MR) is 151 cm³/mol. The zero-order chi connectivity index (χ0) is 26.2. The van der Waals surface area contributed by atoms with Crippen molar-refractivity contribution >= 4 is 23.4 Å². The van der Waals surface area contributed by atoms with E-state index in [-0.39, 0.29) is 30.8 Å². The number of carbonyl (C=O) groups is 2. The molecule has 1 fully saturated rings. The molecule has 1 atom stereocenters. The summed E-state index contributed by atoms with van der Waals surface area (Å²) in [4.78, 5) is 29.6. The summed E-state index contributed by atoms with van der Waals surface area (Å²) in [7, 11) is 0. The molecule has 0 unspecified atom stereocenters. The van der Waals surface area contributed by atoms with Crippen LogP contribution in [0.3, 0.4) is 0 Å². The van der Waals surface area contributed by atoms with E-state index < -0.39 is 6.04 Å². The number of rotatable bonds is 9. The van der Waals surface area contributed by atoms with Gasteiger partial charge in [-0.05, 0) is 49.4 Å². The third-order valence-electron chi connectivity index (χ3n) is 7.16. The maximum Gasteiger partial charge on any atom is 0.243 e. The number of hydrogen-bond donors (Lipinski definition) is 1. The Morgan fingerprint density at radius 1 is 0.892 bits per heavy atom. The Hall–Kier alpha value is -3.11. The van der Waals surface area contributed by atoms with Crippen LogP contribution in [0.25, 0.3) is 0 Å². The summed E-state index contributed by atoms with van der Waals surface area (Å²) in [6, 6.07) is 23.2. The second kappa shape index (κ2) is 12.9. The van der Waals surface area contributed by atoms with E-state index in [0.29, 0.717) is 11.4 Å². The molecule has 194 valence electrons. The van der Waals surface area contributed by atoms with Gasteiger partial charge in [-0.15, -0.1) is 0 Å². The lowest BCUT2D eigenvalue weighted by molar-refractivity contribution is -0.141. The van der Waals surface area contributed by atoms with Gasteiger partial charge in [0, 0.05) is 24.0 Å². The number of aryl methyl sites for hydroxylation is 2. The molecule has 0 aromatic heterocycles. The molecule has 5 heteroatoms. The van der Waals surface area contributed by atoms with Gasteiger partial charge in [0.1, 0.15) is 6.04 Å². The SMILES string of the molecule is Cc1cc(C)cc(CC(=O)N(Cc2ccccc2Cl)[C@@H](Cc2ccccc2)C(=O)NC2CCCCC2)c1. The van der Waals surface area contributed by atoms with Crippen LogP contribution in [0.4, 0.5) is 0 Å². The zero-order valence-corrected chi connectivity index (χ0v) is 22.6. The Bertz CT molecular complexity index is 1180. The topological polar surface area (TPSA) is 49.4 Å². The fraction of sp³-hybridized carbons (Fsp3) is 0.375. The van der Waals surface area contributed by atoms with Crippen LogP contribution < -0.4 is 5.32 Å². The fourth-order valence-corrected chi connectivity index (χ4v) is 5.55. The summed E-state index contributed by atoms with van der Waals surface area (Å²) in [5.74, 6) is -0.166. The third-order valence-corrected chi connectivity index (χ3v) is 7.53. The maximum atomic E-state index is 14.0. The van der Waals surface area contributed by atoms with Crippen molar-refractivity contribution in [3.63, 3.8) is 0 Å². The van der Waals surface area contributed by atoms with E-state index in [1.807, 2.05) is 80.6 Å². The van der Waals surface area contributed by atoms with E-state index >= 15 is 0 Å². The first-order valence-electron chi connectivity index (χ1n) is 13.3. The minimum absolute atomic E-state index is 0.0790. The highest BCUT2D eigenvalue weighted by atomic mass is 35.5. The van der Waals surface area contributed by atoms with Gasteiger partial charge in [0.25, 0.3) is 0 Å². The average Bonchev–Trinajstić information content (AvgIpc) is 2.87. The van der Waals surface area contributed by atoms with Crippen molar-refractivity contribution in [2.75, 3.05) is 0 Å². The van der Waals surface area contributed by atoms with Gasteiger partial charge >= 0.3 is 0 Å². The molecular weight excluding hydrogens is 480 g/mol. The van der Waals surface area contributed by atoms with Crippen LogP contribution in [0.2, 0.25) is 5.02 Å². The van der Waals surface area contributed by atoms with Gasteiger partial charge in [0.05, 0.1) is 6.42 Å². The lowest BCUT2D eigenvalue weighted by Crippen LogP contribution is -2.53. The van der Waals surface area contributed by atoms with Gasteiger partial charge in [0.2, 0.25) is 11.8 Å². The molecule has 1 aliphatic rings. The molecule has 2 amide bonds. The van der Waals surface area contributed by atoms with E-state index in [4.69, 9.17) is 11.6 Å². The monoisotopic (exact) mass is 516 g/mol. The molecule has 1 aliphatic carbocycles. The Kier molecular flexibility index (Phi) is 9.40. The summed E-state index contributed by atoms with van der Waals surface area (Å²) in [5.41, 5.74) is 5.06. The lowest BCUT2D eigenvalue weighted by Gasteiger charge is -2.34. The summed E-state index contributed by atoms with van der Waals surface area (Å²) >= 11 is 6.54. The third kappa shape index (κ3) is 7.69. The molecule has 0 saturated heterocycles. The van der Waals surface area contributed by atoms with Crippen LogP contribution in [-0.4, -0.2) is 28.8 Å². The fourth-order valence-electron chi connectivity index (χ4n) is 5.36. The summed E-state index contributed by atoms with van der Waals surface area (Å²) < 4.78 is 0. The van der Waals surface area contributed by atoms with Crippen molar-refractivity contribution in [3.8, 4) is 0 Å². The van der Waals surface area contributed by atoms with Crippen molar-refractivity contribution in [2.24, 2.45) is 0 Å². The molecule has 0 bridgehead atoms. The Labute approximate surface area is 226 Å². The minimum Gasteiger partial charge on any atom is -0.352 e. The number of hydrogen-bond acceptors (Lipinski definition) is 2. The first-order valence-corrected chi connectivity index (χ1v) is 13.7. The van der Waals surface area contributed by atoms with E-state index in [9.17, 15) is 9.59 Å². The molecule has 3 aromatic rings. The van der Waals surface area contributed by atoms with Crippen molar-refractivity contribution < 1.29 is 9.59 Å². The Balaban J connectivity index is 1.68. The molecule has 0 heterocycles. The lowest BCUT2D eigenvalue weighted by atomic mass is 9.94. The average molecular weight is 517 g/mol. The van der Waals surface area contributed by atoms with Crippen LogP contribution in [0.5, 0.6) is 0 Å². The number of halogens is 1. The van der Waals surface area contributed by atoms with Crippen molar-refractivity contribution in [2.45, 2.75) is 77.4 Å². The Morgan fingerprint density at radius 2 is 1.54 bits per heavy atom. The second-order valence-electron chi connectivity index (χ2n) is 10.3. The molecule has 3 aromatic carbocycles. The highest BCUT2D eigenvalue weighted by Gasteiger charge is 2.32. The summed E-state index contributed by atoms with van der Waals surface area (Å²) in [5, 5.41) is 3.89. The minimum atomic E-state index is -0.640. The molecule has 1 saturated carbocycles. The van der Waals surface area contributed by atoms with Gasteiger partial charge in [-0.3, -0.25) is 9.59 Å². The summed E-state index contributed by atoms with van der Waals surface area (Å²) in [6.07, 6.45) is 6.13. The molecule has 37 heavy (non-hydrogen) atoms. The van der Waals surface area contributed by atoms with Gasteiger partial charge in [-0.1, -0.05) is 109 Å². The van der Waals surface area contributed by atoms with Crippen LogP contribution in [0, 0.1) is 13.8 Å². The zero-order valence-electron chi connectivity index (χ0n) is 21.9. The van der Waals surface area contributed by atoms with E-state index in [0.717, 1.165) is 53.5 Å². The van der Waals surface area contributed by atoms with Crippen LogP contribution in [0.1, 0.15) is 59.9 Å². The first kappa shape index (κ1) is 26.9. The highest BCUT2D eigenvalue weighted by molar-refractivity contribution is 6.31. The standard InChI is InChI=1S/C32H37ClN2O2/c1-23-17-24(2)19-26(18-23)21-31(36)35(22-27-13-9-10-16-29(27)33)30(20-25-11-5-3-6-12-25)32(37)34-28-14-7-4-8-15-28/h3,5-6,9-13,16-19,28,30H,4,7-8,14-15,20-22H2,1-2H3,(H,34,37)/t30-/m0/s1. The normalized spacial score (nSPS) is 14.7. The smallest absolute Gasteiger partial charge is 0.243 e. The number of carbonyl (C=O) groups excluding carboxylic acids is 2. The van der Waals surface area contributed by atoms with Crippen LogP contribution in [0.15, 0.2) is 72.8 Å². The number of nitrogens with one attached hydrogen (secondary N) is 1. The van der Waals surface area contributed by atoms with Gasteiger partial charge in [0.15, 0.2) is 0 Å². The number of amides is 2. The predicted octanol–water partition coefficient (Wildman–Crippen LogP) is 6.59. The number of benzene rings is 3. The van der Waals surface area contributed by atoms with E-state index in [1.54, 1.807) is 4.90 Å². The van der Waals surface area contributed by atoms with E-state index in [2.05, 4.69) is 11.4 Å². The summed E-state index contributed by atoms with van der Waals surface area (Å²) in [6.45, 7) is 4.36. The number of nitrogens with zero attached hydrogens (tertiary/aromatic N) is 1. The molecule has 0 spiro atoms. The van der Waals surface area contributed by atoms with Crippen molar-refractivity contribution in [3.05, 3.63) is 106 Å². The van der Waals surface area contributed by atoms with E-state index in [1.165, 1.54) is 6.42 Å². The Morgan fingerprint density at radius 3 is 2.22 bits per heavy atom. The molecule has 4 nitrogen and oxygen atoms in total. The first-order chi connectivity index (χ1) is 17.9. The quantitative estimate of drug-likeness (QED) is 0.349. The molecule has 0 radical (unpaired) electrons.